The second-order valence-corrected chi connectivity index (χ2v) is 3.95. The average Bonchev–Trinajstić information content (AvgIpc) is 2.38. The fourth-order valence-electron chi connectivity index (χ4n) is 1.73. The summed E-state index contributed by atoms with van der Waals surface area (Å²) >= 11 is 0. The van der Waals surface area contributed by atoms with Crippen molar-refractivity contribution in [1.82, 2.24) is 0 Å². The van der Waals surface area contributed by atoms with Crippen molar-refractivity contribution in [2.75, 3.05) is 4.90 Å². The quantitative estimate of drug-likeness (QED) is 0.871. The predicted molar refractivity (Wildman–Crippen MR) is 64.9 cm³/mol. The molecule has 0 saturated heterocycles. The number of hydrogen-bond acceptors (Lipinski definition) is 3. The minimum absolute atomic E-state index is 0.0969. The van der Waals surface area contributed by atoms with E-state index in [9.17, 15) is 14.0 Å². The van der Waals surface area contributed by atoms with Gasteiger partial charge in [0.2, 0.25) is 0 Å². The van der Waals surface area contributed by atoms with E-state index in [1.807, 2.05) is 0 Å². The van der Waals surface area contributed by atoms with E-state index in [0.29, 0.717) is 0 Å². The topological polar surface area (TPSA) is 77.8 Å². The molecule has 0 radical (unpaired) electrons. The third-order valence-electron chi connectivity index (χ3n) is 2.65. The predicted octanol–water partition coefficient (Wildman–Crippen LogP) is 1.97. The summed E-state index contributed by atoms with van der Waals surface area (Å²) < 4.78 is 13.6. The number of halogens is 1. The van der Waals surface area contributed by atoms with Gasteiger partial charge >= 0.3 is 11.9 Å². The van der Waals surface area contributed by atoms with E-state index >= 15 is 0 Å². The van der Waals surface area contributed by atoms with E-state index < -0.39 is 17.8 Å². The standard InChI is InChI=1S/C13H10FNO4/c14-10-3-1-2-4-11(10)15-6-8(12(16)17)5-9(7-15)13(18)19/h1-4,6-7H,5H2,(H,16,17)(H,18,19). The third kappa shape index (κ3) is 2.62. The number of carboxylic acid groups (broad SMARTS) is 2. The lowest BCUT2D eigenvalue weighted by Gasteiger charge is -2.22. The van der Waals surface area contributed by atoms with Crippen molar-refractivity contribution < 1.29 is 24.2 Å². The van der Waals surface area contributed by atoms with E-state index in [0.717, 1.165) is 0 Å². The summed E-state index contributed by atoms with van der Waals surface area (Å²) in [5.74, 6) is -3.02. The number of hydrogen-bond donors (Lipinski definition) is 2. The summed E-state index contributed by atoms with van der Waals surface area (Å²) in [6.45, 7) is 0. The van der Waals surface area contributed by atoms with Crippen molar-refractivity contribution in [2.45, 2.75) is 6.42 Å². The number of nitrogens with zero attached hydrogens (tertiary/aromatic N) is 1. The lowest BCUT2D eigenvalue weighted by molar-refractivity contribution is -0.133. The Morgan fingerprint density at radius 3 is 2.05 bits per heavy atom. The SMILES string of the molecule is O=C(O)C1=CN(c2ccccc2F)C=C(C(=O)O)C1. The number of aliphatic carboxylic acids is 2. The van der Waals surface area contributed by atoms with Crippen LogP contribution in [0.2, 0.25) is 0 Å². The highest BCUT2D eigenvalue weighted by Gasteiger charge is 2.22. The van der Waals surface area contributed by atoms with Crippen LogP contribution in [0.5, 0.6) is 0 Å². The Hall–Kier alpha value is -2.63. The van der Waals surface area contributed by atoms with Gasteiger partial charge in [-0.05, 0) is 12.1 Å². The summed E-state index contributed by atoms with van der Waals surface area (Å²) in [5.41, 5.74) is -0.119. The van der Waals surface area contributed by atoms with Crippen molar-refractivity contribution in [1.29, 1.82) is 0 Å². The molecule has 1 aliphatic heterocycles. The van der Waals surface area contributed by atoms with E-state index in [2.05, 4.69) is 0 Å². The number of rotatable bonds is 3. The highest BCUT2D eigenvalue weighted by Crippen LogP contribution is 2.26. The third-order valence-corrected chi connectivity index (χ3v) is 2.65. The molecule has 1 aromatic carbocycles. The number of para-hydroxylation sites is 1. The maximum atomic E-state index is 13.6. The smallest absolute Gasteiger partial charge is 0.333 e. The normalized spacial score (nSPS) is 14.7. The Kier molecular flexibility index (Phi) is 3.33. The van der Waals surface area contributed by atoms with E-state index in [4.69, 9.17) is 10.2 Å². The zero-order valence-electron chi connectivity index (χ0n) is 9.71. The molecule has 0 aliphatic carbocycles. The average molecular weight is 263 g/mol. The van der Waals surface area contributed by atoms with Crippen LogP contribution >= 0.6 is 0 Å². The molecule has 6 heteroatoms. The summed E-state index contributed by atoms with van der Waals surface area (Å²) in [6.07, 6.45) is 2.23. The van der Waals surface area contributed by atoms with Gasteiger partial charge in [0.05, 0.1) is 16.8 Å². The first-order chi connectivity index (χ1) is 8.99. The van der Waals surface area contributed by atoms with Crippen molar-refractivity contribution >= 4 is 17.6 Å². The summed E-state index contributed by atoms with van der Waals surface area (Å²) in [6, 6.07) is 5.72. The first kappa shape index (κ1) is 12.8. The van der Waals surface area contributed by atoms with Crippen molar-refractivity contribution in [3.8, 4) is 0 Å². The molecule has 0 bridgehead atoms. The molecule has 1 heterocycles. The zero-order chi connectivity index (χ0) is 14.0. The lowest BCUT2D eigenvalue weighted by atomic mass is 10.0. The first-order valence-electron chi connectivity index (χ1n) is 5.40. The van der Waals surface area contributed by atoms with E-state index in [1.54, 1.807) is 6.07 Å². The van der Waals surface area contributed by atoms with E-state index in [-0.39, 0.29) is 23.3 Å². The van der Waals surface area contributed by atoms with Gasteiger partial charge in [0.1, 0.15) is 5.82 Å². The van der Waals surface area contributed by atoms with Crippen LogP contribution in [0.4, 0.5) is 10.1 Å². The molecule has 0 fully saturated rings. The van der Waals surface area contributed by atoms with Crippen LogP contribution in [0.1, 0.15) is 6.42 Å². The minimum Gasteiger partial charge on any atom is -0.478 e. The molecular formula is C13H10FNO4. The molecule has 0 spiro atoms. The molecular weight excluding hydrogens is 253 g/mol. The Bertz CT molecular complexity index is 576. The van der Waals surface area contributed by atoms with Gasteiger partial charge in [-0.25, -0.2) is 14.0 Å². The molecule has 0 amide bonds. The fraction of sp³-hybridized carbons (Fsp3) is 0.0769. The van der Waals surface area contributed by atoms with E-state index in [1.165, 1.54) is 35.5 Å². The lowest BCUT2D eigenvalue weighted by Crippen LogP contribution is -2.21. The molecule has 0 atom stereocenters. The minimum atomic E-state index is -1.23. The maximum Gasteiger partial charge on any atom is 0.333 e. The van der Waals surface area contributed by atoms with Gasteiger partial charge in [0.15, 0.2) is 0 Å². The summed E-state index contributed by atoms with van der Waals surface area (Å²) in [5, 5.41) is 17.9. The van der Waals surface area contributed by atoms with Gasteiger partial charge in [-0.15, -0.1) is 0 Å². The second kappa shape index (κ2) is 4.93. The van der Waals surface area contributed by atoms with Gasteiger partial charge in [-0.1, -0.05) is 12.1 Å². The largest absolute Gasteiger partial charge is 0.478 e. The maximum absolute atomic E-state index is 13.6. The van der Waals surface area contributed by atoms with Crippen LogP contribution in [-0.4, -0.2) is 22.2 Å². The summed E-state index contributed by atoms with van der Waals surface area (Å²) in [7, 11) is 0. The van der Waals surface area contributed by atoms with Crippen LogP contribution < -0.4 is 4.90 Å². The Balaban J connectivity index is 2.47. The molecule has 5 nitrogen and oxygen atoms in total. The molecule has 19 heavy (non-hydrogen) atoms. The molecule has 2 rings (SSSR count). The first-order valence-corrected chi connectivity index (χ1v) is 5.40. The molecule has 1 aliphatic rings. The Morgan fingerprint density at radius 1 is 1.05 bits per heavy atom. The summed E-state index contributed by atoms with van der Waals surface area (Å²) in [4.78, 5) is 23.1. The highest BCUT2D eigenvalue weighted by molar-refractivity contribution is 5.95. The van der Waals surface area contributed by atoms with Crippen molar-refractivity contribution in [3.63, 3.8) is 0 Å². The number of carboxylic acids is 2. The van der Waals surface area contributed by atoms with Gasteiger partial charge in [0.25, 0.3) is 0 Å². The van der Waals surface area contributed by atoms with Crippen LogP contribution in [0, 0.1) is 5.82 Å². The molecule has 0 unspecified atom stereocenters. The van der Waals surface area contributed by atoms with Gasteiger partial charge in [-0.3, -0.25) is 0 Å². The number of anilines is 1. The molecule has 0 aromatic heterocycles. The number of benzene rings is 1. The Labute approximate surface area is 107 Å². The Morgan fingerprint density at radius 2 is 1.58 bits per heavy atom. The van der Waals surface area contributed by atoms with Crippen molar-refractivity contribution in [3.05, 3.63) is 53.6 Å². The molecule has 98 valence electrons. The van der Waals surface area contributed by atoms with Gasteiger partial charge in [0, 0.05) is 18.8 Å². The van der Waals surface area contributed by atoms with Crippen LogP contribution in [-0.2, 0) is 9.59 Å². The fourth-order valence-corrected chi connectivity index (χ4v) is 1.73. The van der Waals surface area contributed by atoms with Gasteiger partial charge < -0.3 is 15.1 Å². The van der Waals surface area contributed by atoms with Crippen LogP contribution in [0.3, 0.4) is 0 Å². The highest BCUT2D eigenvalue weighted by atomic mass is 19.1. The molecule has 0 saturated carbocycles. The monoisotopic (exact) mass is 263 g/mol. The molecule has 2 N–H and O–H groups in total. The number of carbonyl (C=O) groups is 2. The molecule has 1 aromatic rings. The van der Waals surface area contributed by atoms with Crippen LogP contribution in [0.15, 0.2) is 47.8 Å². The van der Waals surface area contributed by atoms with Crippen molar-refractivity contribution in [2.24, 2.45) is 0 Å². The second-order valence-electron chi connectivity index (χ2n) is 3.95. The zero-order valence-corrected chi connectivity index (χ0v) is 9.71. The van der Waals surface area contributed by atoms with Gasteiger partial charge in [-0.2, -0.15) is 0 Å². The van der Waals surface area contributed by atoms with Crippen LogP contribution in [0.25, 0.3) is 0 Å².